The van der Waals surface area contributed by atoms with Crippen LogP contribution in [0.25, 0.3) is 0 Å². The maximum atomic E-state index is 12.6. The van der Waals surface area contributed by atoms with Crippen molar-refractivity contribution in [3.05, 3.63) is 40.3 Å². The molecule has 1 unspecified atom stereocenters. The average molecular weight is 354 g/mol. The highest BCUT2D eigenvalue weighted by atomic mass is 32.1. The fourth-order valence-corrected chi connectivity index (χ4v) is 4.53. The molecule has 1 atom stereocenters. The van der Waals surface area contributed by atoms with Gasteiger partial charge < -0.3 is 14.8 Å². The number of nitrogens with zero attached hydrogens (tertiary/aromatic N) is 1. The lowest BCUT2D eigenvalue weighted by Crippen LogP contribution is -2.40. The van der Waals surface area contributed by atoms with Gasteiger partial charge in [0.1, 0.15) is 17.7 Å². The number of hydrogen-bond donors (Lipinski definition) is 1. The van der Waals surface area contributed by atoms with Gasteiger partial charge in [0.25, 0.3) is 5.91 Å². The number of ether oxygens (including phenoxy) is 2. The maximum absolute atomic E-state index is 12.6. The molecule has 4 rings (SSSR count). The number of amides is 1. The number of fused-ring (bicyclic) bond motifs is 2. The van der Waals surface area contributed by atoms with E-state index in [2.05, 4.69) is 11.4 Å². The lowest BCUT2D eigenvalue weighted by molar-refractivity contribution is -0.125. The van der Waals surface area contributed by atoms with Gasteiger partial charge in [-0.1, -0.05) is 18.6 Å². The molecule has 1 aromatic carbocycles. The molecule has 0 saturated heterocycles. The number of benzene rings is 1. The number of carbonyl (C=O) groups excluding carboxylic acids is 1. The van der Waals surface area contributed by atoms with Crippen LogP contribution in [0.4, 0.5) is 5.00 Å². The van der Waals surface area contributed by atoms with Crippen molar-refractivity contribution in [2.24, 2.45) is 0 Å². The highest BCUT2D eigenvalue weighted by Crippen LogP contribution is 2.37. The summed E-state index contributed by atoms with van der Waals surface area (Å²) in [6.45, 7) is 0.163. The van der Waals surface area contributed by atoms with E-state index in [1.165, 1.54) is 22.6 Å². The molecule has 2 heterocycles. The van der Waals surface area contributed by atoms with E-state index in [9.17, 15) is 10.1 Å². The molecular weight excluding hydrogens is 336 g/mol. The van der Waals surface area contributed by atoms with Crippen LogP contribution < -0.4 is 14.8 Å². The summed E-state index contributed by atoms with van der Waals surface area (Å²) >= 11 is 1.53. The van der Waals surface area contributed by atoms with Crippen LogP contribution in [0.15, 0.2) is 24.3 Å². The number of aryl methyl sites for hydroxylation is 1. The van der Waals surface area contributed by atoms with Crippen molar-refractivity contribution in [1.29, 1.82) is 5.26 Å². The Bertz CT molecular complexity index is 853. The molecular formula is C19H18N2O3S. The monoisotopic (exact) mass is 354 g/mol. The molecule has 6 heteroatoms. The van der Waals surface area contributed by atoms with Gasteiger partial charge in [0.05, 0.1) is 5.56 Å². The van der Waals surface area contributed by atoms with Crippen molar-refractivity contribution in [3.63, 3.8) is 0 Å². The Kier molecular flexibility index (Phi) is 4.33. The molecule has 1 aliphatic carbocycles. The van der Waals surface area contributed by atoms with Gasteiger partial charge in [-0.2, -0.15) is 5.26 Å². The molecule has 25 heavy (non-hydrogen) atoms. The van der Waals surface area contributed by atoms with E-state index in [4.69, 9.17) is 9.47 Å². The zero-order valence-corrected chi connectivity index (χ0v) is 14.5. The molecule has 0 saturated carbocycles. The second kappa shape index (κ2) is 6.77. The minimum absolute atomic E-state index is 0.163. The molecule has 0 bridgehead atoms. The fraction of sp³-hybridized carbons (Fsp3) is 0.368. The average Bonchev–Trinajstić information content (AvgIpc) is 2.80. The number of hydrogen-bond acceptors (Lipinski definition) is 5. The fourth-order valence-electron chi connectivity index (χ4n) is 3.29. The number of anilines is 1. The van der Waals surface area contributed by atoms with E-state index in [1.807, 2.05) is 18.2 Å². The quantitative estimate of drug-likeness (QED) is 0.836. The molecule has 0 spiro atoms. The SMILES string of the molecule is N#Cc1c(NC(=O)C2COc3ccccc3O2)sc2c1CCCCC2. The van der Waals surface area contributed by atoms with Crippen molar-refractivity contribution in [3.8, 4) is 17.6 Å². The van der Waals surface area contributed by atoms with Gasteiger partial charge in [0.15, 0.2) is 11.5 Å². The topological polar surface area (TPSA) is 71.4 Å². The van der Waals surface area contributed by atoms with Gasteiger partial charge in [-0.15, -0.1) is 11.3 Å². The van der Waals surface area contributed by atoms with Crippen LogP contribution in [0.1, 0.15) is 35.3 Å². The first-order chi connectivity index (χ1) is 12.3. The predicted molar refractivity (Wildman–Crippen MR) is 95.3 cm³/mol. The molecule has 5 nitrogen and oxygen atoms in total. The molecule has 1 aliphatic heterocycles. The summed E-state index contributed by atoms with van der Waals surface area (Å²) in [5.41, 5.74) is 1.74. The zero-order chi connectivity index (χ0) is 17.2. The predicted octanol–water partition coefficient (Wildman–Crippen LogP) is 3.67. The number of nitriles is 1. The van der Waals surface area contributed by atoms with Gasteiger partial charge in [-0.25, -0.2) is 0 Å². The Morgan fingerprint density at radius 1 is 1.20 bits per heavy atom. The summed E-state index contributed by atoms with van der Waals surface area (Å²) in [7, 11) is 0. The Labute approximate surface area is 150 Å². The highest BCUT2D eigenvalue weighted by Gasteiger charge is 2.29. The van der Waals surface area contributed by atoms with E-state index in [0.717, 1.165) is 31.2 Å². The highest BCUT2D eigenvalue weighted by molar-refractivity contribution is 7.16. The van der Waals surface area contributed by atoms with Gasteiger partial charge >= 0.3 is 0 Å². The second-order valence-corrected chi connectivity index (χ2v) is 7.34. The van der Waals surface area contributed by atoms with Crippen molar-refractivity contribution in [1.82, 2.24) is 0 Å². The summed E-state index contributed by atoms with van der Waals surface area (Å²) in [6.07, 6.45) is 4.62. The lowest BCUT2D eigenvalue weighted by Gasteiger charge is -2.25. The lowest BCUT2D eigenvalue weighted by atomic mass is 10.1. The summed E-state index contributed by atoms with van der Waals surface area (Å²) in [5, 5.41) is 13.1. The largest absolute Gasteiger partial charge is 0.485 e. The van der Waals surface area contributed by atoms with Crippen LogP contribution in [0.3, 0.4) is 0 Å². The standard InChI is InChI=1S/C19H18N2O3S/c20-10-13-12-6-2-1-3-9-17(12)25-19(13)21-18(22)16-11-23-14-7-4-5-8-15(14)24-16/h4-5,7-8,16H,1-3,6,9,11H2,(H,21,22). The first kappa shape index (κ1) is 16.0. The normalized spacial score (nSPS) is 18.6. The van der Waals surface area contributed by atoms with Crippen LogP contribution in [0, 0.1) is 11.3 Å². The minimum atomic E-state index is -0.719. The first-order valence-corrected chi connectivity index (χ1v) is 9.32. The molecule has 0 fully saturated rings. The number of thiophene rings is 1. The summed E-state index contributed by atoms with van der Waals surface area (Å²) in [5.74, 6) is 0.936. The van der Waals surface area contributed by atoms with Crippen LogP contribution in [-0.2, 0) is 17.6 Å². The van der Waals surface area contributed by atoms with Crippen molar-refractivity contribution in [2.75, 3.05) is 11.9 Å². The number of nitrogens with one attached hydrogen (secondary N) is 1. The van der Waals surface area contributed by atoms with Crippen LogP contribution >= 0.6 is 11.3 Å². The number of carbonyl (C=O) groups is 1. The van der Waals surface area contributed by atoms with E-state index >= 15 is 0 Å². The van der Waals surface area contributed by atoms with E-state index in [-0.39, 0.29) is 12.5 Å². The molecule has 2 aliphatic rings. The Balaban J connectivity index is 1.53. The third-order valence-electron chi connectivity index (χ3n) is 4.57. The first-order valence-electron chi connectivity index (χ1n) is 8.50. The Hall–Kier alpha value is -2.52. The van der Waals surface area contributed by atoms with Crippen LogP contribution in [-0.4, -0.2) is 18.6 Å². The number of rotatable bonds is 2. The van der Waals surface area contributed by atoms with Crippen LogP contribution in [0.5, 0.6) is 11.5 Å². The smallest absolute Gasteiger partial charge is 0.269 e. The Morgan fingerprint density at radius 2 is 2.00 bits per heavy atom. The number of para-hydroxylation sites is 2. The van der Waals surface area contributed by atoms with Gasteiger partial charge in [-0.3, -0.25) is 4.79 Å². The molecule has 1 amide bonds. The summed E-state index contributed by atoms with van der Waals surface area (Å²) in [4.78, 5) is 13.8. The molecule has 1 aromatic heterocycles. The molecule has 2 aromatic rings. The maximum Gasteiger partial charge on any atom is 0.269 e. The molecule has 1 N–H and O–H groups in total. The molecule has 0 radical (unpaired) electrons. The van der Waals surface area contributed by atoms with Crippen molar-refractivity contribution >= 4 is 22.2 Å². The van der Waals surface area contributed by atoms with Crippen molar-refractivity contribution < 1.29 is 14.3 Å². The van der Waals surface area contributed by atoms with E-state index in [0.29, 0.717) is 22.1 Å². The van der Waals surface area contributed by atoms with Gasteiger partial charge in [-0.05, 0) is 43.4 Å². The zero-order valence-electron chi connectivity index (χ0n) is 13.7. The third-order valence-corrected chi connectivity index (χ3v) is 5.78. The van der Waals surface area contributed by atoms with Crippen LogP contribution in [0.2, 0.25) is 0 Å². The third kappa shape index (κ3) is 3.08. The molecule has 128 valence electrons. The van der Waals surface area contributed by atoms with Crippen molar-refractivity contribution in [2.45, 2.75) is 38.2 Å². The van der Waals surface area contributed by atoms with E-state index in [1.54, 1.807) is 6.07 Å². The Morgan fingerprint density at radius 3 is 2.84 bits per heavy atom. The van der Waals surface area contributed by atoms with E-state index < -0.39 is 6.10 Å². The summed E-state index contributed by atoms with van der Waals surface area (Å²) < 4.78 is 11.3. The summed E-state index contributed by atoms with van der Waals surface area (Å²) in [6, 6.07) is 9.57. The second-order valence-electron chi connectivity index (χ2n) is 6.23. The van der Waals surface area contributed by atoms with Gasteiger partial charge in [0, 0.05) is 4.88 Å². The minimum Gasteiger partial charge on any atom is -0.485 e. The van der Waals surface area contributed by atoms with Gasteiger partial charge in [0.2, 0.25) is 6.10 Å².